The minimum Gasteiger partial charge on any atom is -0.466 e. The lowest BCUT2D eigenvalue weighted by Gasteiger charge is -2.16. The first-order chi connectivity index (χ1) is 7.48. The maximum atomic E-state index is 11.2. The average molecular weight is 232 g/mol. The van der Waals surface area contributed by atoms with E-state index in [-0.39, 0.29) is 12.1 Å². The van der Waals surface area contributed by atoms with Crippen LogP contribution in [-0.2, 0) is 23.7 Å². The Kier molecular flexibility index (Phi) is 4.70. The minimum absolute atomic E-state index is 0.217. The Hall–Kier alpha value is -0.650. The number of carbonyl (C=O) groups is 1. The Bertz CT molecular complexity index is 239. The van der Waals surface area contributed by atoms with E-state index in [4.69, 9.17) is 18.9 Å². The lowest BCUT2D eigenvalue weighted by atomic mass is 10.2. The Balaban J connectivity index is 2.38. The van der Waals surface area contributed by atoms with Crippen molar-refractivity contribution in [1.82, 2.24) is 0 Å². The van der Waals surface area contributed by atoms with E-state index in [1.54, 1.807) is 14.0 Å². The van der Waals surface area contributed by atoms with Gasteiger partial charge in [-0.3, -0.25) is 4.79 Å². The molecule has 1 heterocycles. The van der Waals surface area contributed by atoms with E-state index >= 15 is 0 Å². The van der Waals surface area contributed by atoms with Crippen molar-refractivity contribution in [3.8, 4) is 0 Å². The van der Waals surface area contributed by atoms with Crippen molar-refractivity contribution in [3.05, 3.63) is 0 Å². The third kappa shape index (κ3) is 3.73. The SMILES string of the molecule is CCOC(=O)CC[C@H]1OC(C)(C)O[C@H]1OC. The third-order valence-corrected chi connectivity index (χ3v) is 2.31. The quantitative estimate of drug-likeness (QED) is 0.671. The fourth-order valence-electron chi connectivity index (χ4n) is 1.69. The largest absolute Gasteiger partial charge is 0.466 e. The highest BCUT2D eigenvalue weighted by Crippen LogP contribution is 2.30. The number of hydrogen-bond donors (Lipinski definition) is 0. The number of methoxy groups -OCH3 is 1. The Morgan fingerprint density at radius 1 is 1.38 bits per heavy atom. The molecule has 0 spiro atoms. The molecule has 0 bridgehead atoms. The number of rotatable bonds is 5. The summed E-state index contributed by atoms with van der Waals surface area (Å²) < 4.78 is 21.1. The monoisotopic (exact) mass is 232 g/mol. The summed E-state index contributed by atoms with van der Waals surface area (Å²) in [6.45, 7) is 5.83. The summed E-state index contributed by atoms with van der Waals surface area (Å²) in [5, 5.41) is 0. The Labute approximate surface area is 96.0 Å². The molecule has 0 saturated carbocycles. The molecule has 1 aliphatic rings. The summed E-state index contributed by atoms with van der Waals surface area (Å²) in [6.07, 6.45) is 0.229. The molecule has 0 N–H and O–H groups in total. The number of ether oxygens (including phenoxy) is 4. The van der Waals surface area contributed by atoms with Crippen LogP contribution in [0.15, 0.2) is 0 Å². The van der Waals surface area contributed by atoms with Gasteiger partial charge in [-0.2, -0.15) is 0 Å². The summed E-state index contributed by atoms with van der Waals surface area (Å²) in [6, 6.07) is 0. The lowest BCUT2D eigenvalue weighted by Crippen LogP contribution is -2.25. The molecule has 5 heteroatoms. The molecule has 0 amide bonds. The van der Waals surface area contributed by atoms with Crippen molar-refractivity contribution in [2.24, 2.45) is 0 Å². The maximum Gasteiger partial charge on any atom is 0.305 e. The molecule has 0 aromatic heterocycles. The fourth-order valence-corrected chi connectivity index (χ4v) is 1.69. The second-order valence-electron chi connectivity index (χ2n) is 4.12. The van der Waals surface area contributed by atoms with Gasteiger partial charge in [0.1, 0.15) is 6.10 Å². The summed E-state index contributed by atoms with van der Waals surface area (Å²) >= 11 is 0. The van der Waals surface area contributed by atoms with Crippen molar-refractivity contribution >= 4 is 5.97 Å². The van der Waals surface area contributed by atoms with Crippen LogP contribution >= 0.6 is 0 Å². The van der Waals surface area contributed by atoms with Crippen molar-refractivity contribution in [1.29, 1.82) is 0 Å². The van der Waals surface area contributed by atoms with E-state index in [1.807, 2.05) is 13.8 Å². The number of carbonyl (C=O) groups excluding carboxylic acids is 1. The van der Waals surface area contributed by atoms with Gasteiger partial charge in [-0.15, -0.1) is 0 Å². The highest BCUT2D eigenvalue weighted by molar-refractivity contribution is 5.69. The molecule has 1 saturated heterocycles. The van der Waals surface area contributed by atoms with E-state index in [2.05, 4.69) is 0 Å². The second kappa shape index (κ2) is 5.61. The number of esters is 1. The predicted molar refractivity (Wildman–Crippen MR) is 56.7 cm³/mol. The number of hydrogen-bond acceptors (Lipinski definition) is 5. The van der Waals surface area contributed by atoms with Crippen molar-refractivity contribution in [2.45, 2.75) is 51.8 Å². The first-order valence-electron chi connectivity index (χ1n) is 5.52. The third-order valence-electron chi connectivity index (χ3n) is 2.31. The standard InChI is InChI=1S/C11H20O5/c1-5-14-9(12)7-6-8-10(13-4)16-11(2,3)15-8/h8,10H,5-7H2,1-4H3/t8-,10-/m1/s1. The van der Waals surface area contributed by atoms with E-state index < -0.39 is 12.1 Å². The molecular weight excluding hydrogens is 212 g/mol. The van der Waals surface area contributed by atoms with Gasteiger partial charge >= 0.3 is 5.97 Å². The van der Waals surface area contributed by atoms with Crippen LogP contribution in [0.25, 0.3) is 0 Å². The molecule has 1 aliphatic heterocycles. The van der Waals surface area contributed by atoms with E-state index in [1.165, 1.54) is 0 Å². The highest BCUT2D eigenvalue weighted by atomic mass is 16.8. The predicted octanol–water partition coefficient (Wildman–Crippen LogP) is 1.45. The van der Waals surface area contributed by atoms with Crippen molar-refractivity contribution in [2.75, 3.05) is 13.7 Å². The van der Waals surface area contributed by atoms with Crippen LogP contribution in [-0.4, -0.2) is 37.9 Å². The second-order valence-corrected chi connectivity index (χ2v) is 4.12. The van der Waals surface area contributed by atoms with E-state index in [0.717, 1.165) is 0 Å². The molecular formula is C11H20O5. The molecule has 0 radical (unpaired) electrons. The zero-order valence-electron chi connectivity index (χ0n) is 10.3. The van der Waals surface area contributed by atoms with Gasteiger partial charge in [-0.1, -0.05) is 0 Å². The van der Waals surface area contributed by atoms with Crippen LogP contribution in [0.3, 0.4) is 0 Å². The van der Waals surface area contributed by atoms with Crippen LogP contribution in [0.2, 0.25) is 0 Å². The van der Waals surface area contributed by atoms with Crippen molar-refractivity contribution in [3.63, 3.8) is 0 Å². The molecule has 0 aliphatic carbocycles. The molecule has 0 aromatic carbocycles. The zero-order valence-corrected chi connectivity index (χ0v) is 10.3. The maximum absolute atomic E-state index is 11.2. The van der Waals surface area contributed by atoms with Crippen LogP contribution in [0, 0.1) is 0 Å². The van der Waals surface area contributed by atoms with Gasteiger partial charge in [0.25, 0.3) is 0 Å². The summed E-state index contributed by atoms with van der Waals surface area (Å²) in [4.78, 5) is 11.2. The van der Waals surface area contributed by atoms with Gasteiger partial charge in [0.2, 0.25) is 0 Å². The average Bonchev–Trinajstić information content (AvgIpc) is 2.51. The normalized spacial score (nSPS) is 28.0. The molecule has 2 atom stereocenters. The van der Waals surface area contributed by atoms with Crippen LogP contribution in [0.1, 0.15) is 33.6 Å². The first kappa shape index (κ1) is 13.4. The van der Waals surface area contributed by atoms with Gasteiger partial charge in [0, 0.05) is 13.5 Å². The van der Waals surface area contributed by atoms with Crippen LogP contribution in [0.4, 0.5) is 0 Å². The molecule has 16 heavy (non-hydrogen) atoms. The molecule has 5 nitrogen and oxygen atoms in total. The first-order valence-corrected chi connectivity index (χ1v) is 5.52. The Morgan fingerprint density at radius 3 is 2.62 bits per heavy atom. The van der Waals surface area contributed by atoms with Gasteiger partial charge in [-0.05, 0) is 27.2 Å². The summed E-state index contributed by atoms with van der Waals surface area (Å²) in [7, 11) is 1.56. The topological polar surface area (TPSA) is 54.0 Å². The fraction of sp³-hybridized carbons (Fsp3) is 0.909. The van der Waals surface area contributed by atoms with Gasteiger partial charge in [0.05, 0.1) is 6.61 Å². The minimum atomic E-state index is -0.653. The highest BCUT2D eigenvalue weighted by Gasteiger charge is 2.41. The molecule has 1 rings (SSSR count). The van der Waals surface area contributed by atoms with E-state index in [0.29, 0.717) is 19.4 Å². The van der Waals surface area contributed by atoms with Gasteiger partial charge in [-0.25, -0.2) is 0 Å². The van der Waals surface area contributed by atoms with Crippen molar-refractivity contribution < 1.29 is 23.7 Å². The smallest absolute Gasteiger partial charge is 0.305 e. The molecule has 94 valence electrons. The Morgan fingerprint density at radius 2 is 2.06 bits per heavy atom. The van der Waals surface area contributed by atoms with Crippen LogP contribution in [0.5, 0.6) is 0 Å². The van der Waals surface area contributed by atoms with Crippen LogP contribution < -0.4 is 0 Å². The zero-order chi connectivity index (χ0) is 12.2. The summed E-state index contributed by atoms with van der Waals surface area (Å²) in [5.41, 5.74) is 0. The van der Waals surface area contributed by atoms with E-state index in [9.17, 15) is 4.79 Å². The molecule has 1 fully saturated rings. The van der Waals surface area contributed by atoms with Gasteiger partial charge in [0.15, 0.2) is 12.1 Å². The lowest BCUT2D eigenvalue weighted by molar-refractivity contribution is -0.182. The summed E-state index contributed by atoms with van der Waals surface area (Å²) in [5.74, 6) is -0.870. The molecule has 0 aromatic rings. The molecule has 0 unspecified atom stereocenters. The van der Waals surface area contributed by atoms with Gasteiger partial charge < -0.3 is 18.9 Å².